The molecule has 2 N–H and O–H groups in total. The second kappa shape index (κ2) is 7.80. The molecule has 1 aromatic carbocycles. The van der Waals surface area contributed by atoms with Crippen LogP contribution >= 0.6 is 0 Å². The highest BCUT2D eigenvalue weighted by molar-refractivity contribution is 5.99. The summed E-state index contributed by atoms with van der Waals surface area (Å²) in [6, 6.07) is 4.75. The van der Waals surface area contributed by atoms with E-state index in [-0.39, 0.29) is 17.4 Å². The fourth-order valence-electron chi connectivity index (χ4n) is 3.97. The molecule has 1 saturated carbocycles. The summed E-state index contributed by atoms with van der Waals surface area (Å²) >= 11 is 0. The third-order valence-electron chi connectivity index (χ3n) is 5.58. The molecule has 3 aliphatic rings. The molecule has 0 spiro atoms. The Morgan fingerprint density at radius 2 is 2.04 bits per heavy atom. The summed E-state index contributed by atoms with van der Waals surface area (Å²) in [5.41, 5.74) is 1.59. The maximum atomic E-state index is 14.3. The van der Waals surface area contributed by atoms with Crippen LogP contribution in [-0.4, -0.2) is 35.1 Å². The van der Waals surface area contributed by atoms with E-state index in [1.54, 1.807) is 19.2 Å². The Labute approximate surface area is 164 Å². The van der Waals surface area contributed by atoms with Crippen LogP contribution in [0, 0.1) is 5.82 Å². The highest BCUT2D eigenvalue weighted by Gasteiger charge is 2.29. The van der Waals surface area contributed by atoms with Crippen molar-refractivity contribution in [3.05, 3.63) is 65.0 Å². The van der Waals surface area contributed by atoms with Crippen molar-refractivity contribution >= 4 is 5.91 Å². The number of allylic oxidation sites excluding steroid dienone is 4. The van der Waals surface area contributed by atoms with Gasteiger partial charge in [-0.2, -0.15) is 0 Å². The normalized spacial score (nSPS) is 28.0. The number of likely N-dealkylation sites (N-methyl/N-ethyl adjacent to an activating group) is 1. The number of nitrogens with one attached hydrogen (secondary N) is 1. The molecule has 5 nitrogen and oxygen atoms in total. The number of halogens is 1. The molecule has 6 heteroatoms. The molecular formula is C22H25FN2O3. The van der Waals surface area contributed by atoms with Crippen molar-refractivity contribution in [2.24, 2.45) is 0 Å². The number of nitrogens with zero attached hydrogens (tertiary/aromatic N) is 1. The van der Waals surface area contributed by atoms with Gasteiger partial charge in [0.2, 0.25) is 0 Å². The zero-order valence-electron chi connectivity index (χ0n) is 16.0. The predicted molar refractivity (Wildman–Crippen MR) is 104 cm³/mol. The van der Waals surface area contributed by atoms with Crippen LogP contribution in [0.1, 0.15) is 48.9 Å². The number of hydrogen-bond donors (Lipinski definition) is 2. The first-order valence-corrected chi connectivity index (χ1v) is 9.83. The van der Waals surface area contributed by atoms with E-state index in [4.69, 9.17) is 4.74 Å². The van der Waals surface area contributed by atoms with Crippen molar-refractivity contribution in [3.8, 4) is 5.75 Å². The van der Waals surface area contributed by atoms with Crippen LogP contribution in [0.5, 0.6) is 5.75 Å². The first-order valence-electron chi connectivity index (χ1n) is 9.83. The summed E-state index contributed by atoms with van der Waals surface area (Å²) in [6.07, 6.45) is 10.7. The van der Waals surface area contributed by atoms with Gasteiger partial charge >= 0.3 is 0 Å². The Balaban J connectivity index is 1.68. The third kappa shape index (κ3) is 3.69. The molecule has 0 saturated heterocycles. The number of aliphatic hydroxyl groups is 1. The SMILES string of the molecule is CN1C(=O)c2c(F)cccc2OC2=C1/C=C\CC/C(NC1CCC(O)CC1)=C\2. The smallest absolute Gasteiger partial charge is 0.264 e. The van der Waals surface area contributed by atoms with Crippen LogP contribution in [0.25, 0.3) is 0 Å². The summed E-state index contributed by atoms with van der Waals surface area (Å²) in [6.45, 7) is 0. The third-order valence-corrected chi connectivity index (χ3v) is 5.58. The monoisotopic (exact) mass is 384 g/mol. The van der Waals surface area contributed by atoms with E-state index in [2.05, 4.69) is 5.32 Å². The number of carbonyl (C=O) groups excluding carboxylic acids is 1. The number of rotatable bonds is 2. The molecule has 1 fully saturated rings. The lowest BCUT2D eigenvalue weighted by atomic mass is 9.92. The average Bonchev–Trinajstić information content (AvgIpc) is 2.75. The minimum atomic E-state index is -0.586. The van der Waals surface area contributed by atoms with E-state index in [9.17, 15) is 14.3 Å². The van der Waals surface area contributed by atoms with Crippen LogP contribution in [0.3, 0.4) is 0 Å². The van der Waals surface area contributed by atoms with Gasteiger partial charge in [-0.25, -0.2) is 4.39 Å². The Morgan fingerprint density at radius 1 is 1.25 bits per heavy atom. The summed E-state index contributed by atoms with van der Waals surface area (Å²) in [5, 5.41) is 13.3. The maximum absolute atomic E-state index is 14.3. The van der Waals surface area contributed by atoms with Gasteiger partial charge in [0.25, 0.3) is 5.91 Å². The Hall–Kier alpha value is -2.60. The van der Waals surface area contributed by atoms with Gasteiger partial charge in [-0.1, -0.05) is 12.1 Å². The van der Waals surface area contributed by atoms with Gasteiger partial charge in [-0.3, -0.25) is 4.79 Å². The second-order valence-corrected chi connectivity index (χ2v) is 7.59. The predicted octanol–water partition coefficient (Wildman–Crippen LogP) is 3.63. The zero-order chi connectivity index (χ0) is 19.7. The largest absolute Gasteiger partial charge is 0.454 e. The molecule has 148 valence electrons. The molecule has 0 unspecified atom stereocenters. The Kier molecular flexibility index (Phi) is 5.22. The highest BCUT2D eigenvalue weighted by Crippen LogP contribution is 2.33. The van der Waals surface area contributed by atoms with E-state index in [0.717, 1.165) is 44.2 Å². The number of amides is 1. The highest BCUT2D eigenvalue weighted by atomic mass is 19.1. The molecule has 1 aliphatic heterocycles. The molecule has 0 radical (unpaired) electrons. The molecule has 0 bridgehead atoms. The quantitative estimate of drug-likeness (QED) is 0.818. The van der Waals surface area contributed by atoms with Crippen LogP contribution in [0.15, 0.2) is 53.6 Å². The molecule has 28 heavy (non-hydrogen) atoms. The number of carbonyl (C=O) groups is 1. The topological polar surface area (TPSA) is 61.8 Å². The van der Waals surface area contributed by atoms with E-state index in [1.165, 1.54) is 11.0 Å². The molecule has 1 heterocycles. The van der Waals surface area contributed by atoms with Crippen molar-refractivity contribution in [1.82, 2.24) is 10.2 Å². The number of hydrogen-bond acceptors (Lipinski definition) is 4. The minimum Gasteiger partial charge on any atom is -0.454 e. The number of aliphatic hydroxyl groups excluding tert-OH is 1. The lowest BCUT2D eigenvalue weighted by Gasteiger charge is -2.28. The molecule has 4 rings (SSSR count). The standard InChI is InChI=1S/C22H25FN2O3/c1-25-18-7-3-2-5-15(24-14-9-11-16(26)12-10-14)13-20(18)28-19-8-4-6-17(23)21(19)22(25)27/h3-4,6-8,13-14,16,24,26H,2,5,9-12H2,1H3/b7-3-,15-13+. The van der Waals surface area contributed by atoms with Gasteiger partial charge in [0, 0.05) is 24.9 Å². The first-order chi connectivity index (χ1) is 13.5. The van der Waals surface area contributed by atoms with E-state index in [0.29, 0.717) is 17.5 Å². The van der Waals surface area contributed by atoms with Crippen LogP contribution in [0.4, 0.5) is 4.39 Å². The van der Waals surface area contributed by atoms with Crippen LogP contribution in [0.2, 0.25) is 0 Å². The summed E-state index contributed by atoms with van der Waals surface area (Å²) in [7, 11) is 1.64. The molecular weight excluding hydrogens is 359 g/mol. The van der Waals surface area contributed by atoms with Gasteiger partial charge in [0.1, 0.15) is 17.1 Å². The van der Waals surface area contributed by atoms with Crippen LogP contribution < -0.4 is 10.1 Å². The summed E-state index contributed by atoms with van der Waals surface area (Å²) in [5.74, 6) is -0.258. The van der Waals surface area contributed by atoms with Crippen molar-refractivity contribution in [1.29, 1.82) is 0 Å². The fraction of sp³-hybridized carbons (Fsp3) is 0.409. The van der Waals surface area contributed by atoms with Crippen molar-refractivity contribution in [2.75, 3.05) is 7.05 Å². The van der Waals surface area contributed by atoms with E-state index < -0.39 is 11.7 Å². The molecule has 0 aromatic heterocycles. The van der Waals surface area contributed by atoms with Gasteiger partial charge in [0.05, 0.1) is 11.8 Å². The molecule has 0 atom stereocenters. The van der Waals surface area contributed by atoms with E-state index in [1.807, 2.05) is 18.2 Å². The second-order valence-electron chi connectivity index (χ2n) is 7.59. The van der Waals surface area contributed by atoms with Crippen molar-refractivity contribution in [3.63, 3.8) is 0 Å². The molecule has 2 aliphatic carbocycles. The summed E-state index contributed by atoms with van der Waals surface area (Å²) in [4.78, 5) is 14.3. The van der Waals surface area contributed by atoms with Crippen molar-refractivity contribution in [2.45, 2.75) is 50.7 Å². The lowest BCUT2D eigenvalue weighted by molar-refractivity contribution is 0.0837. The zero-order valence-corrected chi connectivity index (χ0v) is 16.0. The fourth-order valence-corrected chi connectivity index (χ4v) is 3.97. The maximum Gasteiger partial charge on any atom is 0.264 e. The van der Waals surface area contributed by atoms with Crippen molar-refractivity contribution < 1.29 is 19.0 Å². The lowest BCUT2D eigenvalue weighted by Crippen LogP contribution is -2.34. The minimum absolute atomic E-state index is 0.0469. The molecule has 1 amide bonds. The van der Waals surface area contributed by atoms with Gasteiger partial charge in [0.15, 0.2) is 5.76 Å². The molecule has 1 aromatic rings. The Bertz CT molecular complexity index is 867. The van der Waals surface area contributed by atoms with Gasteiger partial charge in [-0.05, 0) is 56.7 Å². The average molecular weight is 384 g/mol. The van der Waals surface area contributed by atoms with Gasteiger partial charge in [-0.15, -0.1) is 0 Å². The Morgan fingerprint density at radius 3 is 2.82 bits per heavy atom. The summed E-state index contributed by atoms with van der Waals surface area (Å²) < 4.78 is 20.3. The first kappa shape index (κ1) is 18.7. The van der Waals surface area contributed by atoms with Crippen LogP contribution in [-0.2, 0) is 0 Å². The van der Waals surface area contributed by atoms with Gasteiger partial charge < -0.3 is 20.1 Å². The number of ether oxygens (including phenoxy) is 1. The van der Waals surface area contributed by atoms with E-state index >= 15 is 0 Å². The number of fused-ring (bicyclic) bond motifs is 1. The number of benzene rings is 1.